The van der Waals surface area contributed by atoms with E-state index in [1.165, 1.54) is 17.1 Å². The van der Waals surface area contributed by atoms with Gasteiger partial charge in [-0.2, -0.15) is 17.0 Å². The Balaban J connectivity index is 1.81. The molecule has 1 aliphatic heterocycles. The lowest BCUT2D eigenvalue weighted by atomic mass is 10.3. The molecule has 1 heterocycles. The van der Waals surface area contributed by atoms with Crippen molar-refractivity contribution < 1.29 is 13.5 Å². The minimum absolute atomic E-state index is 0.0228. The van der Waals surface area contributed by atoms with Gasteiger partial charge in [0.05, 0.1) is 0 Å². The largest absolute Gasteiger partial charge is 0.396 e. The highest BCUT2D eigenvalue weighted by Crippen LogP contribution is 2.30. The molecule has 0 aromatic rings. The van der Waals surface area contributed by atoms with Crippen LogP contribution >= 0.6 is 0 Å². The number of rotatable bonds is 7. The Morgan fingerprint density at radius 3 is 2.37 bits per heavy atom. The van der Waals surface area contributed by atoms with Crippen LogP contribution in [0.5, 0.6) is 0 Å². The Labute approximate surface area is 116 Å². The predicted molar refractivity (Wildman–Crippen MR) is 74.0 cm³/mol. The van der Waals surface area contributed by atoms with Crippen molar-refractivity contribution >= 4 is 10.2 Å². The van der Waals surface area contributed by atoms with Gasteiger partial charge in [0.25, 0.3) is 10.2 Å². The molecule has 1 saturated heterocycles. The minimum atomic E-state index is -3.34. The van der Waals surface area contributed by atoms with E-state index in [4.69, 9.17) is 5.11 Å². The molecule has 0 radical (unpaired) electrons. The fraction of sp³-hybridized carbons (Fsp3) is 1.00. The Morgan fingerprint density at radius 1 is 1.21 bits per heavy atom. The zero-order chi connectivity index (χ0) is 13.9. The van der Waals surface area contributed by atoms with Crippen molar-refractivity contribution in [1.82, 2.24) is 13.5 Å². The highest BCUT2D eigenvalue weighted by molar-refractivity contribution is 7.86. The molecule has 1 aliphatic carbocycles. The maximum absolute atomic E-state index is 12.3. The molecule has 0 aromatic carbocycles. The molecular weight excluding hydrogens is 266 g/mol. The van der Waals surface area contributed by atoms with E-state index in [2.05, 4.69) is 4.90 Å². The number of hydrogen-bond donors (Lipinski definition) is 1. The van der Waals surface area contributed by atoms with Crippen LogP contribution in [0.1, 0.15) is 19.3 Å². The second-order valence-corrected chi connectivity index (χ2v) is 7.58. The first-order chi connectivity index (χ1) is 9.04. The molecule has 0 unspecified atom stereocenters. The van der Waals surface area contributed by atoms with Gasteiger partial charge < -0.3 is 10.0 Å². The van der Waals surface area contributed by atoms with E-state index < -0.39 is 10.2 Å². The van der Waals surface area contributed by atoms with Crippen molar-refractivity contribution in [1.29, 1.82) is 0 Å². The Bertz CT molecular complexity index is 376. The lowest BCUT2D eigenvalue weighted by Crippen LogP contribution is -2.52. The van der Waals surface area contributed by atoms with Crippen molar-refractivity contribution in [2.24, 2.45) is 5.92 Å². The Hall–Kier alpha value is -0.210. The van der Waals surface area contributed by atoms with Crippen LogP contribution in [0.2, 0.25) is 0 Å². The van der Waals surface area contributed by atoms with Crippen molar-refractivity contribution in [3.63, 3.8) is 0 Å². The van der Waals surface area contributed by atoms with Gasteiger partial charge in [0.1, 0.15) is 0 Å². The Kier molecular flexibility index (Phi) is 5.19. The van der Waals surface area contributed by atoms with Gasteiger partial charge in [-0.1, -0.05) is 0 Å². The number of piperazine rings is 1. The van der Waals surface area contributed by atoms with Crippen LogP contribution < -0.4 is 0 Å². The van der Waals surface area contributed by atoms with Crippen molar-refractivity contribution in [2.45, 2.75) is 19.3 Å². The third kappa shape index (κ3) is 4.13. The number of nitrogens with zero attached hydrogens (tertiary/aromatic N) is 3. The second-order valence-electron chi connectivity index (χ2n) is 5.55. The van der Waals surface area contributed by atoms with Gasteiger partial charge in [-0.25, -0.2) is 0 Å². The summed E-state index contributed by atoms with van der Waals surface area (Å²) in [7, 11) is -1.76. The molecule has 2 fully saturated rings. The summed E-state index contributed by atoms with van der Waals surface area (Å²) in [4.78, 5) is 2.37. The highest BCUT2D eigenvalue weighted by Gasteiger charge is 2.32. The molecule has 19 heavy (non-hydrogen) atoms. The molecule has 6 nitrogen and oxygen atoms in total. The molecule has 1 N–H and O–H groups in total. The van der Waals surface area contributed by atoms with Crippen LogP contribution in [0.25, 0.3) is 0 Å². The fourth-order valence-corrected chi connectivity index (χ4v) is 3.79. The summed E-state index contributed by atoms with van der Waals surface area (Å²) in [5.41, 5.74) is 0. The van der Waals surface area contributed by atoms with E-state index in [-0.39, 0.29) is 6.61 Å². The first-order valence-corrected chi connectivity index (χ1v) is 8.48. The molecule has 2 aliphatic rings. The molecule has 0 atom stereocenters. The lowest BCUT2D eigenvalue weighted by Gasteiger charge is -2.35. The summed E-state index contributed by atoms with van der Waals surface area (Å²) < 4.78 is 27.5. The SMILES string of the molecule is CN(CCCO)S(=O)(=O)N1CCN(CC2CC2)CC1. The molecule has 7 heteroatoms. The molecule has 112 valence electrons. The van der Waals surface area contributed by atoms with E-state index in [1.54, 1.807) is 11.4 Å². The normalized spacial score (nSPS) is 23.1. The van der Waals surface area contributed by atoms with Crippen LogP contribution in [0.4, 0.5) is 0 Å². The van der Waals surface area contributed by atoms with E-state index in [1.807, 2.05) is 0 Å². The molecule has 0 aromatic heterocycles. The van der Waals surface area contributed by atoms with Crippen LogP contribution in [0, 0.1) is 5.92 Å². The third-order valence-corrected chi connectivity index (χ3v) is 5.88. The van der Waals surface area contributed by atoms with Crippen molar-refractivity contribution in [3.05, 3.63) is 0 Å². The molecule has 0 bridgehead atoms. The number of aliphatic hydroxyl groups excluding tert-OH is 1. The van der Waals surface area contributed by atoms with Crippen molar-refractivity contribution in [3.8, 4) is 0 Å². The van der Waals surface area contributed by atoms with Gasteiger partial charge >= 0.3 is 0 Å². The maximum Gasteiger partial charge on any atom is 0.281 e. The van der Waals surface area contributed by atoms with Gasteiger partial charge in [-0.15, -0.1) is 0 Å². The van der Waals surface area contributed by atoms with Crippen LogP contribution in [-0.2, 0) is 10.2 Å². The third-order valence-electron chi connectivity index (χ3n) is 3.90. The molecule has 0 spiro atoms. The zero-order valence-corrected chi connectivity index (χ0v) is 12.5. The smallest absolute Gasteiger partial charge is 0.281 e. The van der Waals surface area contributed by atoms with Gasteiger partial charge in [-0.05, 0) is 25.2 Å². The first-order valence-electron chi connectivity index (χ1n) is 7.08. The molecular formula is C12H25N3O3S. The summed E-state index contributed by atoms with van der Waals surface area (Å²) in [6.45, 7) is 4.37. The molecule has 1 saturated carbocycles. The average molecular weight is 291 g/mol. The Morgan fingerprint density at radius 2 is 1.84 bits per heavy atom. The summed E-state index contributed by atoms with van der Waals surface area (Å²) in [6, 6.07) is 0. The summed E-state index contributed by atoms with van der Waals surface area (Å²) in [5, 5.41) is 8.77. The van der Waals surface area contributed by atoms with Gasteiger partial charge in [0.15, 0.2) is 0 Å². The standard InChI is InChI=1S/C12H25N3O3S/c1-13(5-2-10-16)19(17,18)15-8-6-14(7-9-15)11-12-3-4-12/h12,16H,2-11H2,1H3. The van der Waals surface area contributed by atoms with Crippen LogP contribution in [0.3, 0.4) is 0 Å². The van der Waals surface area contributed by atoms with E-state index in [0.717, 1.165) is 25.6 Å². The van der Waals surface area contributed by atoms with E-state index >= 15 is 0 Å². The molecule has 0 amide bonds. The van der Waals surface area contributed by atoms with Crippen LogP contribution in [-0.4, -0.2) is 80.0 Å². The predicted octanol–water partition coefficient (Wildman–Crippen LogP) is -0.427. The summed E-state index contributed by atoms with van der Waals surface area (Å²) in [5.74, 6) is 0.857. The van der Waals surface area contributed by atoms with Crippen LogP contribution in [0.15, 0.2) is 0 Å². The minimum Gasteiger partial charge on any atom is -0.396 e. The lowest BCUT2D eigenvalue weighted by molar-refractivity contribution is 0.176. The topological polar surface area (TPSA) is 64.1 Å². The number of aliphatic hydroxyl groups is 1. The highest BCUT2D eigenvalue weighted by atomic mass is 32.2. The van der Waals surface area contributed by atoms with E-state index in [0.29, 0.717) is 26.1 Å². The summed E-state index contributed by atoms with van der Waals surface area (Å²) in [6.07, 6.45) is 3.15. The van der Waals surface area contributed by atoms with Gasteiger partial charge in [0, 0.05) is 52.9 Å². The quantitative estimate of drug-likeness (QED) is 0.691. The van der Waals surface area contributed by atoms with E-state index in [9.17, 15) is 8.42 Å². The molecule has 2 rings (SSSR count). The average Bonchev–Trinajstić information content (AvgIpc) is 3.20. The van der Waals surface area contributed by atoms with Gasteiger partial charge in [0.2, 0.25) is 0 Å². The summed E-state index contributed by atoms with van der Waals surface area (Å²) >= 11 is 0. The maximum atomic E-state index is 12.3. The number of hydrogen-bond acceptors (Lipinski definition) is 4. The first kappa shape index (κ1) is 15.2. The monoisotopic (exact) mass is 291 g/mol. The second kappa shape index (κ2) is 6.49. The van der Waals surface area contributed by atoms with Gasteiger partial charge in [-0.3, -0.25) is 0 Å². The zero-order valence-electron chi connectivity index (χ0n) is 11.7. The van der Waals surface area contributed by atoms with Crippen molar-refractivity contribution in [2.75, 3.05) is 52.9 Å². The fourth-order valence-electron chi connectivity index (χ4n) is 2.41.